The molecule has 14 heteroatoms. The van der Waals surface area contributed by atoms with Crippen LogP contribution in [-0.4, -0.2) is 66.3 Å². The van der Waals surface area contributed by atoms with Crippen molar-refractivity contribution >= 4 is 23.4 Å². The molecule has 4 rings (SSSR count). The van der Waals surface area contributed by atoms with Crippen LogP contribution in [0.25, 0.3) is 11.5 Å². The quantitative estimate of drug-likeness (QED) is 0.494. The van der Waals surface area contributed by atoms with Gasteiger partial charge in [-0.1, -0.05) is 18.2 Å². The Bertz CT molecular complexity index is 1200. The summed E-state index contributed by atoms with van der Waals surface area (Å²) < 4.78 is 57.7. The number of nitrogens with zero attached hydrogens (tertiary/aromatic N) is 3. The van der Waals surface area contributed by atoms with E-state index in [0.717, 1.165) is 18.2 Å². The molecular weight excluding hydrogens is 487 g/mol. The van der Waals surface area contributed by atoms with Gasteiger partial charge in [-0.15, -0.1) is 13.2 Å². The molecule has 1 aliphatic heterocycles. The normalized spacial score (nSPS) is 14.2. The molecule has 2 N–H and O–H groups in total. The third-order valence-electron chi connectivity index (χ3n) is 4.81. The number of nitrogens with one attached hydrogen (secondary N) is 2. The average molecular weight is 507 g/mol. The number of hydrogen-bond donors (Lipinski definition) is 2. The fourth-order valence-electron chi connectivity index (χ4n) is 3.25. The van der Waals surface area contributed by atoms with E-state index in [1.807, 2.05) is 0 Å². The van der Waals surface area contributed by atoms with E-state index >= 15 is 0 Å². The van der Waals surface area contributed by atoms with Gasteiger partial charge in [0.25, 0.3) is 5.89 Å². The van der Waals surface area contributed by atoms with Crippen molar-refractivity contribution in [2.75, 3.05) is 43.5 Å². The maximum Gasteiger partial charge on any atom is 0.573 e. The van der Waals surface area contributed by atoms with E-state index in [4.69, 9.17) is 14.0 Å². The van der Waals surface area contributed by atoms with Crippen molar-refractivity contribution in [3.8, 4) is 23.2 Å². The highest BCUT2D eigenvalue weighted by Crippen LogP contribution is 2.33. The molecule has 2 aromatic carbocycles. The first kappa shape index (κ1) is 24.9. The Balaban J connectivity index is 1.43. The van der Waals surface area contributed by atoms with Crippen molar-refractivity contribution in [1.82, 2.24) is 15.0 Å². The monoisotopic (exact) mass is 507 g/mol. The number of hydrogen-bond acceptors (Lipinski definition) is 9. The maximum atomic E-state index is 12.8. The van der Waals surface area contributed by atoms with Crippen molar-refractivity contribution in [2.45, 2.75) is 6.36 Å². The number of morpholine rings is 1. The molecule has 2 heterocycles. The molecule has 1 fully saturated rings. The zero-order valence-corrected chi connectivity index (χ0v) is 18.6. The van der Waals surface area contributed by atoms with Crippen molar-refractivity contribution in [1.29, 1.82) is 0 Å². The molecule has 0 radical (unpaired) electrons. The average Bonchev–Trinajstić information content (AvgIpc) is 3.29. The summed E-state index contributed by atoms with van der Waals surface area (Å²) in [5.41, 5.74) is 0.329. The summed E-state index contributed by atoms with van der Waals surface area (Å²) in [5, 5.41) is 8.27. The first-order valence-corrected chi connectivity index (χ1v) is 10.6. The molecule has 0 spiro atoms. The van der Waals surface area contributed by atoms with Gasteiger partial charge in [0.05, 0.1) is 25.4 Å². The zero-order valence-electron chi connectivity index (χ0n) is 18.6. The molecule has 0 unspecified atom stereocenters. The van der Waals surface area contributed by atoms with Crippen LogP contribution in [0.5, 0.6) is 11.8 Å². The lowest BCUT2D eigenvalue weighted by atomic mass is 10.2. The Hall–Kier alpha value is -4.17. The Kier molecular flexibility index (Phi) is 7.65. The number of ether oxygens (including phenoxy) is 3. The molecular formula is C22H20F3N5O6. The molecule has 1 aromatic heterocycles. The van der Waals surface area contributed by atoms with Crippen LogP contribution in [0.15, 0.2) is 53.1 Å². The summed E-state index contributed by atoms with van der Waals surface area (Å²) in [4.78, 5) is 30.4. The molecule has 2 amide bonds. The highest BCUT2D eigenvalue weighted by Gasteiger charge is 2.32. The van der Waals surface area contributed by atoms with Gasteiger partial charge in [0.15, 0.2) is 5.75 Å². The van der Waals surface area contributed by atoms with Gasteiger partial charge in [-0.25, -0.2) is 4.79 Å². The molecule has 11 nitrogen and oxygen atoms in total. The van der Waals surface area contributed by atoms with Crippen molar-refractivity contribution < 1.29 is 41.5 Å². The van der Waals surface area contributed by atoms with Gasteiger partial charge in [0.1, 0.15) is 0 Å². The molecule has 3 aromatic rings. The van der Waals surface area contributed by atoms with Gasteiger partial charge in [-0.2, -0.15) is 4.98 Å². The van der Waals surface area contributed by atoms with Crippen LogP contribution in [0.2, 0.25) is 0 Å². The fourth-order valence-corrected chi connectivity index (χ4v) is 3.25. The fraction of sp³-hybridized carbons (Fsp3) is 0.273. The zero-order chi connectivity index (χ0) is 25.5. The minimum Gasteiger partial charge on any atom is -0.404 e. The number of rotatable bonds is 7. The second-order valence-electron chi connectivity index (χ2n) is 7.46. The van der Waals surface area contributed by atoms with Gasteiger partial charge in [0, 0.05) is 24.3 Å². The lowest BCUT2D eigenvalue weighted by Crippen LogP contribution is -2.41. The minimum absolute atomic E-state index is 0.0166. The first-order valence-electron chi connectivity index (χ1n) is 10.6. The summed E-state index contributed by atoms with van der Waals surface area (Å²) >= 11 is 0. The number of anilines is 2. The summed E-state index contributed by atoms with van der Waals surface area (Å²) in [6.45, 7) is 1.86. The highest BCUT2D eigenvalue weighted by molar-refractivity contribution is 5.95. The van der Waals surface area contributed by atoms with Crippen LogP contribution in [0.1, 0.15) is 0 Å². The summed E-state index contributed by atoms with van der Waals surface area (Å²) in [6.07, 6.45) is -6.03. The number of aromatic nitrogens is 2. The van der Waals surface area contributed by atoms with Crippen molar-refractivity contribution in [3.05, 3.63) is 48.5 Å². The summed E-state index contributed by atoms with van der Waals surface area (Å²) in [7, 11) is 0. The van der Waals surface area contributed by atoms with E-state index in [1.165, 1.54) is 0 Å². The molecule has 36 heavy (non-hydrogen) atoms. The minimum atomic E-state index is -4.99. The maximum absolute atomic E-state index is 12.8. The number of alkyl halides is 3. The lowest BCUT2D eigenvalue weighted by Gasteiger charge is -2.26. The third-order valence-corrected chi connectivity index (χ3v) is 4.81. The van der Waals surface area contributed by atoms with Crippen LogP contribution < -0.4 is 20.1 Å². The number of carbonyl (C=O) groups is 2. The Labute approximate surface area is 202 Å². The topological polar surface area (TPSA) is 128 Å². The molecule has 1 saturated heterocycles. The van der Waals surface area contributed by atoms with E-state index in [9.17, 15) is 22.8 Å². The van der Waals surface area contributed by atoms with Crippen LogP contribution in [0.4, 0.5) is 29.3 Å². The van der Waals surface area contributed by atoms with Gasteiger partial charge in [0.2, 0.25) is 5.91 Å². The molecule has 1 aliphatic rings. The van der Waals surface area contributed by atoms with E-state index in [2.05, 4.69) is 25.5 Å². The predicted octanol–water partition coefficient (Wildman–Crippen LogP) is 3.52. The Morgan fingerprint density at radius 1 is 1.06 bits per heavy atom. The Morgan fingerprint density at radius 3 is 2.53 bits per heavy atom. The van der Waals surface area contributed by atoms with Gasteiger partial charge >= 0.3 is 18.5 Å². The SMILES string of the molecule is O=C(CN1CCOCC1)Nc1cc(NC(=O)Oc2noc(-c3ccccc3)n2)ccc1OC(F)(F)F. The second-order valence-corrected chi connectivity index (χ2v) is 7.46. The van der Waals surface area contributed by atoms with Gasteiger partial charge in [-0.05, 0) is 35.5 Å². The van der Waals surface area contributed by atoms with Gasteiger partial charge in [-0.3, -0.25) is 15.0 Å². The molecule has 0 aliphatic carbocycles. The van der Waals surface area contributed by atoms with E-state index in [0.29, 0.717) is 31.9 Å². The largest absolute Gasteiger partial charge is 0.573 e. The van der Waals surface area contributed by atoms with Crippen LogP contribution >= 0.6 is 0 Å². The molecule has 0 bridgehead atoms. The van der Waals surface area contributed by atoms with Crippen molar-refractivity contribution in [3.63, 3.8) is 0 Å². The van der Waals surface area contributed by atoms with Crippen LogP contribution in [-0.2, 0) is 9.53 Å². The number of carbonyl (C=O) groups excluding carboxylic acids is 2. The number of halogens is 3. The number of amides is 2. The number of benzene rings is 2. The van der Waals surface area contributed by atoms with Crippen LogP contribution in [0, 0.1) is 0 Å². The third kappa shape index (κ3) is 7.16. The Morgan fingerprint density at radius 2 is 1.81 bits per heavy atom. The smallest absolute Gasteiger partial charge is 0.404 e. The molecule has 0 atom stereocenters. The molecule has 0 saturated carbocycles. The van der Waals surface area contributed by atoms with Crippen LogP contribution in [0.3, 0.4) is 0 Å². The van der Waals surface area contributed by atoms with E-state index in [1.54, 1.807) is 35.2 Å². The van der Waals surface area contributed by atoms with E-state index in [-0.39, 0.29) is 29.8 Å². The predicted molar refractivity (Wildman–Crippen MR) is 118 cm³/mol. The van der Waals surface area contributed by atoms with E-state index < -0.39 is 24.1 Å². The molecule has 190 valence electrons. The summed E-state index contributed by atoms with van der Waals surface area (Å²) in [6, 6.07) is 11.6. The standard InChI is InChI=1S/C22H20F3N5O6/c23-22(24,25)35-17-7-6-15(12-16(17)27-18(31)13-30-8-10-33-11-9-30)26-21(32)34-20-28-19(36-29-20)14-4-2-1-3-5-14/h1-7,12H,8-11,13H2,(H,26,32)(H,27,31). The van der Waals surface area contributed by atoms with Crippen molar-refractivity contribution in [2.24, 2.45) is 0 Å². The second kappa shape index (κ2) is 11.0. The van der Waals surface area contributed by atoms with Gasteiger partial charge < -0.3 is 24.1 Å². The lowest BCUT2D eigenvalue weighted by molar-refractivity contribution is -0.274. The first-order chi connectivity index (χ1) is 17.2. The highest BCUT2D eigenvalue weighted by atomic mass is 19.4. The summed E-state index contributed by atoms with van der Waals surface area (Å²) in [5.74, 6) is -1.09.